The molecule has 4 aromatic carbocycles. The summed E-state index contributed by atoms with van der Waals surface area (Å²) in [6.45, 7) is 4.33. The Balaban J connectivity index is 1.82. The zero-order chi connectivity index (χ0) is 23.9. The van der Waals surface area contributed by atoms with Gasteiger partial charge in [0.15, 0.2) is 0 Å². The molecular weight excluding hydrogens is 416 g/mol. The van der Waals surface area contributed by atoms with Crippen molar-refractivity contribution in [3.05, 3.63) is 71.8 Å². The van der Waals surface area contributed by atoms with Gasteiger partial charge in [0, 0.05) is 35.1 Å². The second-order valence-electron chi connectivity index (χ2n) is 8.60. The smallest absolute Gasteiger partial charge is 0.124 e. The number of aromatic hydroxyl groups is 2. The van der Waals surface area contributed by atoms with E-state index in [1.165, 1.54) is 0 Å². The minimum Gasteiger partial charge on any atom is -0.507 e. The summed E-state index contributed by atoms with van der Waals surface area (Å²) in [6.07, 6.45) is 6.26. The van der Waals surface area contributed by atoms with Crippen molar-refractivity contribution in [2.45, 2.75) is 52.4 Å². The van der Waals surface area contributed by atoms with Crippen LogP contribution in [0.25, 0.3) is 32.7 Å². The summed E-state index contributed by atoms with van der Waals surface area (Å²) >= 11 is 0. The molecule has 2 heteroatoms. The molecule has 0 aliphatic carbocycles. The molecule has 0 heterocycles. The fraction of sp³-hybridized carbons (Fsp3) is 0.250. The zero-order valence-corrected chi connectivity index (χ0v) is 19.9. The molecule has 0 fully saturated rings. The van der Waals surface area contributed by atoms with E-state index < -0.39 is 0 Å². The van der Waals surface area contributed by atoms with E-state index in [0.717, 1.165) is 71.2 Å². The number of fused-ring (bicyclic) bond motifs is 2. The predicted octanol–water partition coefficient (Wildman–Crippen LogP) is 8.15. The van der Waals surface area contributed by atoms with Crippen LogP contribution >= 0.6 is 0 Å². The van der Waals surface area contributed by atoms with E-state index in [9.17, 15) is 10.2 Å². The number of unbranched alkanes of at least 4 members (excludes halogenated alkanes) is 4. The van der Waals surface area contributed by atoms with Crippen LogP contribution in [0.4, 0.5) is 0 Å². The standard InChI is InChI=1S/C32H30O2/c1-3-5-7-9-11-23-13-17-27-25(21-23)15-19-29(33)31(27)32-28-18-14-24(12-10-8-6-4-2)22-26(28)16-20-30(32)34/h13-22,33-34H,3-8H2,1-2H3. The average Bonchev–Trinajstić information content (AvgIpc) is 2.85. The first-order valence-corrected chi connectivity index (χ1v) is 12.1. The van der Waals surface area contributed by atoms with Crippen LogP contribution in [0, 0.1) is 23.7 Å². The van der Waals surface area contributed by atoms with Crippen molar-refractivity contribution in [3.63, 3.8) is 0 Å². The van der Waals surface area contributed by atoms with Gasteiger partial charge in [-0.25, -0.2) is 0 Å². The third-order valence-electron chi connectivity index (χ3n) is 6.02. The summed E-state index contributed by atoms with van der Waals surface area (Å²) in [5.41, 5.74) is 3.17. The summed E-state index contributed by atoms with van der Waals surface area (Å²) in [5, 5.41) is 25.5. The largest absolute Gasteiger partial charge is 0.507 e. The fourth-order valence-corrected chi connectivity index (χ4v) is 4.18. The number of benzene rings is 4. The molecule has 0 aliphatic rings. The van der Waals surface area contributed by atoms with Crippen molar-refractivity contribution in [3.8, 4) is 46.3 Å². The van der Waals surface area contributed by atoms with Gasteiger partial charge in [-0.2, -0.15) is 0 Å². The molecule has 0 unspecified atom stereocenters. The Morgan fingerprint density at radius 3 is 1.44 bits per heavy atom. The van der Waals surface area contributed by atoms with Gasteiger partial charge >= 0.3 is 0 Å². The van der Waals surface area contributed by atoms with Gasteiger partial charge in [0.1, 0.15) is 11.5 Å². The molecule has 0 aromatic heterocycles. The minimum atomic E-state index is 0.139. The average molecular weight is 447 g/mol. The van der Waals surface area contributed by atoms with Gasteiger partial charge in [-0.15, -0.1) is 0 Å². The zero-order valence-electron chi connectivity index (χ0n) is 19.9. The third-order valence-corrected chi connectivity index (χ3v) is 6.02. The maximum Gasteiger partial charge on any atom is 0.124 e. The van der Waals surface area contributed by atoms with Crippen molar-refractivity contribution in [2.75, 3.05) is 0 Å². The van der Waals surface area contributed by atoms with Gasteiger partial charge in [0.2, 0.25) is 0 Å². The molecule has 34 heavy (non-hydrogen) atoms. The second kappa shape index (κ2) is 10.8. The third kappa shape index (κ3) is 5.03. The van der Waals surface area contributed by atoms with Gasteiger partial charge in [-0.05, 0) is 70.8 Å². The highest BCUT2D eigenvalue weighted by molar-refractivity contribution is 6.09. The van der Waals surface area contributed by atoms with Crippen LogP contribution in [0.15, 0.2) is 60.7 Å². The van der Waals surface area contributed by atoms with Gasteiger partial charge in [-0.3, -0.25) is 0 Å². The number of phenolic OH excluding ortho intramolecular Hbond substituents is 2. The van der Waals surface area contributed by atoms with Gasteiger partial charge in [-0.1, -0.05) is 74.6 Å². The lowest BCUT2D eigenvalue weighted by atomic mass is 9.91. The first kappa shape index (κ1) is 23.3. The highest BCUT2D eigenvalue weighted by Crippen LogP contribution is 2.44. The molecule has 0 atom stereocenters. The Hall–Kier alpha value is -3.88. The highest BCUT2D eigenvalue weighted by atomic mass is 16.3. The molecule has 0 aliphatic heterocycles. The van der Waals surface area contributed by atoms with Crippen LogP contribution in [0.3, 0.4) is 0 Å². The summed E-state index contributed by atoms with van der Waals surface area (Å²) < 4.78 is 0. The van der Waals surface area contributed by atoms with Gasteiger partial charge < -0.3 is 10.2 Å². The minimum absolute atomic E-state index is 0.139. The van der Waals surface area contributed by atoms with E-state index in [0.29, 0.717) is 11.1 Å². The van der Waals surface area contributed by atoms with Crippen LogP contribution in [-0.2, 0) is 0 Å². The Bertz CT molecular complexity index is 1340. The lowest BCUT2D eigenvalue weighted by Crippen LogP contribution is -1.88. The predicted molar refractivity (Wildman–Crippen MR) is 143 cm³/mol. The Morgan fingerprint density at radius 1 is 0.588 bits per heavy atom. The van der Waals surface area contributed by atoms with E-state index >= 15 is 0 Å². The van der Waals surface area contributed by atoms with Crippen molar-refractivity contribution < 1.29 is 10.2 Å². The van der Waals surface area contributed by atoms with Gasteiger partial charge in [0.05, 0.1) is 0 Å². The highest BCUT2D eigenvalue weighted by Gasteiger charge is 2.17. The van der Waals surface area contributed by atoms with Crippen molar-refractivity contribution in [1.82, 2.24) is 0 Å². The first-order valence-electron chi connectivity index (χ1n) is 12.1. The molecule has 2 N–H and O–H groups in total. The molecule has 0 saturated heterocycles. The number of hydrogen-bond acceptors (Lipinski definition) is 2. The van der Waals surface area contributed by atoms with E-state index in [-0.39, 0.29) is 11.5 Å². The van der Waals surface area contributed by atoms with E-state index in [2.05, 4.69) is 37.5 Å². The summed E-state index contributed by atoms with van der Waals surface area (Å²) in [7, 11) is 0. The molecule has 0 bridgehead atoms. The second-order valence-corrected chi connectivity index (χ2v) is 8.60. The topological polar surface area (TPSA) is 40.5 Å². The van der Waals surface area contributed by atoms with Crippen LogP contribution in [0.2, 0.25) is 0 Å². The molecule has 170 valence electrons. The van der Waals surface area contributed by atoms with E-state index in [1.807, 2.05) is 48.5 Å². The monoisotopic (exact) mass is 446 g/mol. The van der Waals surface area contributed by atoms with Crippen molar-refractivity contribution in [2.24, 2.45) is 0 Å². The summed E-state index contributed by atoms with van der Waals surface area (Å²) in [6, 6.07) is 19.2. The van der Waals surface area contributed by atoms with Gasteiger partial charge in [0.25, 0.3) is 0 Å². The van der Waals surface area contributed by atoms with Crippen LogP contribution in [0.5, 0.6) is 11.5 Å². The Morgan fingerprint density at radius 2 is 1.03 bits per heavy atom. The molecule has 4 aromatic rings. The maximum atomic E-state index is 10.9. The lowest BCUT2D eigenvalue weighted by Gasteiger charge is -2.14. The lowest BCUT2D eigenvalue weighted by molar-refractivity contribution is 0.470. The Labute approximate surface area is 202 Å². The number of rotatable bonds is 5. The summed E-state index contributed by atoms with van der Waals surface area (Å²) in [4.78, 5) is 0. The molecular formula is C32H30O2. The van der Waals surface area contributed by atoms with Crippen LogP contribution in [-0.4, -0.2) is 10.2 Å². The SMILES string of the molecule is CCCCC#Cc1ccc2c(-c3c(O)ccc4cc(C#CCCCC)ccc34)c(O)ccc2c1. The van der Waals surface area contributed by atoms with Crippen molar-refractivity contribution >= 4 is 21.5 Å². The molecule has 0 saturated carbocycles. The molecule has 0 radical (unpaired) electrons. The number of hydrogen-bond donors (Lipinski definition) is 2. The Kier molecular flexibility index (Phi) is 7.41. The van der Waals surface area contributed by atoms with Crippen LogP contribution < -0.4 is 0 Å². The van der Waals surface area contributed by atoms with Crippen LogP contribution in [0.1, 0.15) is 63.5 Å². The summed E-state index contributed by atoms with van der Waals surface area (Å²) in [5.74, 6) is 13.2. The molecule has 4 rings (SSSR count). The first-order chi connectivity index (χ1) is 16.6. The fourth-order valence-electron chi connectivity index (χ4n) is 4.18. The number of phenols is 2. The van der Waals surface area contributed by atoms with E-state index in [4.69, 9.17) is 0 Å². The molecule has 0 amide bonds. The molecule has 0 spiro atoms. The maximum absolute atomic E-state index is 10.9. The van der Waals surface area contributed by atoms with E-state index in [1.54, 1.807) is 12.1 Å². The van der Waals surface area contributed by atoms with Crippen molar-refractivity contribution in [1.29, 1.82) is 0 Å². The quantitative estimate of drug-likeness (QED) is 0.240. The molecule has 2 nitrogen and oxygen atoms in total. The normalized spacial score (nSPS) is 10.5.